The Kier molecular flexibility index (Phi) is 3.25. The quantitative estimate of drug-likeness (QED) is 0.752. The minimum Gasteiger partial charge on any atom is -0.507 e. The molecule has 1 atom stereocenters. The van der Waals surface area contributed by atoms with Gasteiger partial charge in [-0.1, -0.05) is 25.1 Å². The highest BCUT2D eigenvalue weighted by atomic mass is 19.1. The molecule has 1 aromatic carbocycles. The third-order valence-electron chi connectivity index (χ3n) is 2.18. The molecule has 72 valence electrons. The van der Waals surface area contributed by atoms with Gasteiger partial charge in [0.1, 0.15) is 12.4 Å². The lowest BCUT2D eigenvalue weighted by Gasteiger charge is -2.12. The van der Waals surface area contributed by atoms with Crippen LogP contribution in [0, 0.1) is 0 Å². The summed E-state index contributed by atoms with van der Waals surface area (Å²) in [5.41, 5.74) is 6.51. The Bertz CT molecular complexity index is 288. The van der Waals surface area contributed by atoms with Crippen molar-refractivity contribution in [2.75, 3.05) is 6.54 Å². The lowest BCUT2D eigenvalue weighted by atomic mass is 9.98. The van der Waals surface area contributed by atoms with Crippen molar-refractivity contribution in [2.24, 2.45) is 5.73 Å². The number of alkyl halides is 1. The largest absolute Gasteiger partial charge is 0.507 e. The minimum absolute atomic E-state index is 0.0444. The lowest BCUT2D eigenvalue weighted by Crippen LogP contribution is -2.09. The minimum atomic E-state index is -0.642. The molecule has 1 aromatic rings. The molecule has 0 heterocycles. The number of halogens is 1. The van der Waals surface area contributed by atoms with Gasteiger partial charge in [0.15, 0.2) is 0 Å². The summed E-state index contributed by atoms with van der Waals surface area (Å²) < 4.78 is 12.3. The van der Waals surface area contributed by atoms with E-state index in [1.807, 2.05) is 6.92 Å². The van der Waals surface area contributed by atoms with Crippen LogP contribution >= 0.6 is 0 Å². The number of hydrogen-bond donors (Lipinski definition) is 2. The number of phenols is 1. The third kappa shape index (κ3) is 1.98. The van der Waals surface area contributed by atoms with Crippen LogP contribution in [0.15, 0.2) is 18.2 Å². The fourth-order valence-electron chi connectivity index (χ4n) is 1.24. The summed E-state index contributed by atoms with van der Waals surface area (Å²) in [5.74, 6) is 0.106. The maximum absolute atomic E-state index is 12.3. The molecule has 1 rings (SSSR count). The van der Waals surface area contributed by atoms with E-state index in [1.54, 1.807) is 18.2 Å². The topological polar surface area (TPSA) is 46.2 Å². The second-order valence-electron chi connectivity index (χ2n) is 3.13. The molecule has 0 saturated carbocycles. The Balaban J connectivity index is 3.08. The van der Waals surface area contributed by atoms with Crippen molar-refractivity contribution >= 4 is 0 Å². The Morgan fingerprint density at radius 1 is 1.54 bits per heavy atom. The van der Waals surface area contributed by atoms with Crippen molar-refractivity contribution in [3.63, 3.8) is 0 Å². The first-order valence-electron chi connectivity index (χ1n) is 4.27. The molecule has 0 saturated heterocycles. The van der Waals surface area contributed by atoms with Crippen LogP contribution in [0.4, 0.5) is 4.39 Å². The zero-order chi connectivity index (χ0) is 9.84. The number of nitrogens with two attached hydrogens (primary N) is 1. The molecule has 13 heavy (non-hydrogen) atoms. The molecular formula is C10H14FNO. The highest BCUT2D eigenvalue weighted by molar-refractivity contribution is 5.41. The van der Waals surface area contributed by atoms with Crippen LogP contribution in [-0.4, -0.2) is 11.7 Å². The molecular weight excluding hydrogens is 169 g/mol. The van der Waals surface area contributed by atoms with Gasteiger partial charge in [-0.05, 0) is 18.0 Å². The van der Waals surface area contributed by atoms with Crippen molar-refractivity contribution in [3.8, 4) is 5.75 Å². The average Bonchev–Trinajstić information content (AvgIpc) is 2.17. The molecule has 0 bridgehead atoms. The number of para-hydroxylation sites is 1. The predicted molar refractivity (Wildman–Crippen MR) is 50.4 cm³/mol. The first kappa shape index (κ1) is 9.99. The molecule has 0 aromatic heterocycles. The van der Waals surface area contributed by atoms with Crippen molar-refractivity contribution in [1.29, 1.82) is 0 Å². The van der Waals surface area contributed by atoms with Crippen molar-refractivity contribution < 1.29 is 9.50 Å². The van der Waals surface area contributed by atoms with Gasteiger partial charge in [-0.3, -0.25) is 0 Å². The summed E-state index contributed by atoms with van der Waals surface area (Å²) in [6, 6.07) is 5.07. The summed E-state index contributed by atoms with van der Waals surface area (Å²) in [6.07, 6.45) is 0. The van der Waals surface area contributed by atoms with E-state index >= 15 is 0 Å². The molecule has 0 amide bonds. The SMILES string of the molecule is CC(CN)c1cccc(CF)c1O. The normalized spacial score (nSPS) is 12.8. The van der Waals surface area contributed by atoms with Gasteiger partial charge >= 0.3 is 0 Å². The van der Waals surface area contributed by atoms with Crippen LogP contribution in [0.5, 0.6) is 5.75 Å². The first-order chi connectivity index (χ1) is 6.20. The Labute approximate surface area is 77.2 Å². The highest BCUT2D eigenvalue weighted by Crippen LogP contribution is 2.28. The molecule has 0 aliphatic rings. The Hall–Kier alpha value is -1.09. The van der Waals surface area contributed by atoms with Crippen LogP contribution < -0.4 is 5.73 Å². The zero-order valence-electron chi connectivity index (χ0n) is 7.63. The average molecular weight is 183 g/mol. The van der Waals surface area contributed by atoms with E-state index in [-0.39, 0.29) is 11.7 Å². The van der Waals surface area contributed by atoms with Crippen molar-refractivity contribution in [3.05, 3.63) is 29.3 Å². The number of phenolic OH excluding ortho intramolecular Hbond substituents is 1. The second kappa shape index (κ2) is 4.23. The molecule has 3 N–H and O–H groups in total. The Morgan fingerprint density at radius 2 is 2.23 bits per heavy atom. The molecule has 0 aliphatic carbocycles. The molecule has 0 radical (unpaired) electrons. The summed E-state index contributed by atoms with van der Waals surface area (Å²) in [7, 11) is 0. The maximum Gasteiger partial charge on any atom is 0.124 e. The van der Waals surface area contributed by atoms with E-state index in [1.165, 1.54) is 0 Å². The second-order valence-corrected chi connectivity index (χ2v) is 3.13. The first-order valence-corrected chi connectivity index (χ1v) is 4.27. The fraction of sp³-hybridized carbons (Fsp3) is 0.400. The number of benzene rings is 1. The van der Waals surface area contributed by atoms with E-state index in [9.17, 15) is 9.50 Å². The molecule has 2 nitrogen and oxygen atoms in total. The smallest absolute Gasteiger partial charge is 0.124 e. The van der Waals surface area contributed by atoms with Gasteiger partial charge in [-0.15, -0.1) is 0 Å². The van der Waals surface area contributed by atoms with Gasteiger partial charge < -0.3 is 10.8 Å². The van der Waals surface area contributed by atoms with E-state index in [2.05, 4.69) is 0 Å². The van der Waals surface area contributed by atoms with E-state index in [0.29, 0.717) is 12.1 Å². The van der Waals surface area contributed by atoms with Crippen LogP contribution in [0.3, 0.4) is 0 Å². The van der Waals surface area contributed by atoms with Gasteiger partial charge in [0.2, 0.25) is 0 Å². The van der Waals surface area contributed by atoms with Gasteiger partial charge in [-0.2, -0.15) is 0 Å². The van der Waals surface area contributed by atoms with E-state index in [0.717, 1.165) is 5.56 Å². The lowest BCUT2D eigenvalue weighted by molar-refractivity contribution is 0.425. The maximum atomic E-state index is 12.3. The van der Waals surface area contributed by atoms with E-state index in [4.69, 9.17) is 5.73 Å². The predicted octanol–water partition coefficient (Wildman–Crippen LogP) is 1.92. The van der Waals surface area contributed by atoms with Gasteiger partial charge in [0, 0.05) is 5.56 Å². The molecule has 1 unspecified atom stereocenters. The van der Waals surface area contributed by atoms with Crippen molar-refractivity contribution in [1.82, 2.24) is 0 Å². The summed E-state index contributed by atoms with van der Waals surface area (Å²) >= 11 is 0. The molecule has 0 fully saturated rings. The van der Waals surface area contributed by atoms with Crippen LogP contribution in [-0.2, 0) is 6.67 Å². The van der Waals surface area contributed by atoms with E-state index < -0.39 is 6.67 Å². The van der Waals surface area contributed by atoms with Crippen molar-refractivity contribution in [2.45, 2.75) is 19.5 Å². The standard InChI is InChI=1S/C10H14FNO/c1-7(6-12)9-4-2-3-8(5-11)10(9)13/h2-4,7,13H,5-6,12H2,1H3. The number of aromatic hydroxyl groups is 1. The molecule has 0 spiro atoms. The fourth-order valence-corrected chi connectivity index (χ4v) is 1.24. The third-order valence-corrected chi connectivity index (χ3v) is 2.18. The summed E-state index contributed by atoms with van der Waals surface area (Å²) in [4.78, 5) is 0. The van der Waals surface area contributed by atoms with Gasteiger partial charge in [0.05, 0.1) is 0 Å². The Morgan fingerprint density at radius 3 is 2.77 bits per heavy atom. The highest BCUT2D eigenvalue weighted by Gasteiger charge is 2.11. The number of rotatable bonds is 3. The molecule has 0 aliphatic heterocycles. The van der Waals surface area contributed by atoms with Crippen LogP contribution in [0.1, 0.15) is 24.0 Å². The molecule has 3 heteroatoms. The van der Waals surface area contributed by atoms with Crippen LogP contribution in [0.2, 0.25) is 0 Å². The number of hydrogen-bond acceptors (Lipinski definition) is 2. The summed E-state index contributed by atoms with van der Waals surface area (Å²) in [5, 5.41) is 9.59. The monoisotopic (exact) mass is 183 g/mol. The van der Waals surface area contributed by atoms with Gasteiger partial charge in [-0.25, -0.2) is 4.39 Å². The summed E-state index contributed by atoms with van der Waals surface area (Å²) in [6.45, 7) is 1.71. The van der Waals surface area contributed by atoms with Crippen LogP contribution in [0.25, 0.3) is 0 Å². The van der Waals surface area contributed by atoms with Gasteiger partial charge in [0.25, 0.3) is 0 Å². The zero-order valence-corrected chi connectivity index (χ0v) is 7.63.